The van der Waals surface area contributed by atoms with Gasteiger partial charge in [0.1, 0.15) is 0 Å². The van der Waals surface area contributed by atoms with Crippen molar-refractivity contribution in [2.45, 2.75) is 45.1 Å². The van der Waals surface area contributed by atoms with E-state index >= 15 is 0 Å². The summed E-state index contributed by atoms with van der Waals surface area (Å²) in [6.07, 6.45) is 8.72. The van der Waals surface area contributed by atoms with E-state index in [-0.39, 0.29) is 6.42 Å². The first-order chi connectivity index (χ1) is 10.2. The summed E-state index contributed by atoms with van der Waals surface area (Å²) in [4.78, 5) is 13.1. The van der Waals surface area contributed by atoms with Crippen molar-refractivity contribution < 1.29 is 9.90 Å². The maximum absolute atomic E-state index is 10.8. The van der Waals surface area contributed by atoms with Crippen molar-refractivity contribution in [3.8, 4) is 0 Å². The number of aliphatic carboxylic acids is 1. The second-order valence-electron chi connectivity index (χ2n) is 5.76. The van der Waals surface area contributed by atoms with E-state index in [4.69, 9.17) is 5.11 Å². The van der Waals surface area contributed by atoms with Gasteiger partial charge in [0.15, 0.2) is 0 Å². The van der Waals surface area contributed by atoms with Gasteiger partial charge in [-0.05, 0) is 37.7 Å². The van der Waals surface area contributed by atoms with Crippen LogP contribution in [0, 0.1) is 0 Å². The van der Waals surface area contributed by atoms with E-state index in [1.54, 1.807) is 5.57 Å². The minimum atomic E-state index is -0.718. The van der Waals surface area contributed by atoms with Gasteiger partial charge in [-0.25, -0.2) is 0 Å². The first-order valence-electron chi connectivity index (χ1n) is 7.90. The fourth-order valence-corrected chi connectivity index (χ4v) is 2.80. The van der Waals surface area contributed by atoms with Gasteiger partial charge in [-0.15, -0.1) is 0 Å². The molecule has 0 aromatic heterocycles. The molecule has 21 heavy (non-hydrogen) atoms. The predicted octanol–water partition coefficient (Wildman–Crippen LogP) is 3.85. The minimum absolute atomic E-state index is 0.214. The number of benzene rings is 1. The molecule has 0 saturated heterocycles. The normalized spacial score (nSPS) is 15.0. The fraction of sp³-hybridized carbons (Fsp3) is 0.500. The molecule has 1 aromatic carbocycles. The van der Waals surface area contributed by atoms with Crippen LogP contribution in [0.5, 0.6) is 0 Å². The number of allylic oxidation sites excluding steroid dienone is 1. The van der Waals surface area contributed by atoms with Gasteiger partial charge < -0.3 is 5.11 Å². The Hall–Kier alpha value is -1.61. The zero-order valence-corrected chi connectivity index (χ0v) is 12.6. The Kier molecular flexibility index (Phi) is 6.48. The Morgan fingerprint density at radius 2 is 1.95 bits per heavy atom. The Bertz CT molecular complexity index is 467. The van der Waals surface area contributed by atoms with Crippen LogP contribution in [0.2, 0.25) is 0 Å². The summed E-state index contributed by atoms with van der Waals surface area (Å²) in [6.45, 7) is 2.41. The lowest BCUT2D eigenvalue weighted by atomic mass is 9.97. The number of nitrogens with zero attached hydrogens (tertiary/aromatic N) is 1. The molecule has 0 saturated carbocycles. The van der Waals surface area contributed by atoms with Gasteiger partial charge in [-0.1, -0.05) is 42.0 Å². The monoisotopic (exact) mass is 287 g/mol. The highest BCUT2D eigenvalue weighted by Crippen LogP contribution is 2.20. The SMILES string of the molecule is O=C(O)CCN(CCC1=CCCCC1)Cc1ccccc1. The molecule has 1 aromatic rings. The smallest absolute Gasteiger partial charge is 0.304 e. The molecule has 0 spiro atoms. The molecule has 0 fully saturated rings. The van der Waals surface area contributed by atoms with E-state index in [1.165, 1.54) is 31.2 Å². The van der Waals surface area contributed by atoms with Gasteiger partial charge in [-0.3, -0.25) is 9.69 Å². The van der Waals surface area contributed by atoms with Gasteiger partial charge in [0.25, 0.3) is 0 Å². The summed E-state index contributed by atoms with van der Waals surface area (Å²) in [5, 5.41) is 8.91. The molecule has 0 bridgehead atoms. The number of hydrogen-bond acceptors (Lipinski definition) is 2. The molecule has 0 amide bonds. The van der Waals surface area contributed by atoms with Crippen LogP contribution in [0.15, 0.2) is 42.0 Å². The van der Waals surface area contributed by atoms with Gasteiger partial charge in [0.05, 0.1) is 6.42 Å². The van der Waals surface area contributed by atoms with E-state index < -0.39 is 5.97 Å². The Morgan fingerprint density at radius 3 is 2.62 bits per heavy atom. The summed E-state index contributed by atoms with van der Waals surface area (Å²) in [5.74, 6) is -0.718. The van der Waals surface area contributed by atoms with Crippen LogP contribution in [0.3, 0.4) is 0 Å². The number of carboxylic acids is 1. The number of hydrogen-bond donors (Lipinski definition) is 1. The highest BCUT2D eigenvalue weighted by molar-refractivity contribution is 5.66. The summed E-state index contributed by atoms with van der Waals surface area (Å²) in [7, 11) is 0. The second-order valence-corrected chi connectivity index (χ2v) is 5.76. The predicted molar refractivity (Wildman–Crippen MR) is 85.1 cm³/mol. The van der Waals surface area contributed by atoms with Crippen molar-refractivity contribution in [2.75, 3.05) is 13.1 Å². The molecule has 3 heteroatoms. The van der Waals surface area contributed by atoms with Crippen LogP contribution in [0.25, 0.3) is 0 Å². The highest BCUT2D eigenvalue weighted by atomic mass is 16.4. The lowest BCUT2D eigenvalue weighted by molar-refractivity contribution is -0.137. The molecule has 1 aliphatic carbocycles. The summed E-state index contributed by atoms with van der Waals surface area (Å²) in [6, 6.07) is 10.3. The molecule has 3 nitrogen and oxygen atoms in total. The Morgan fingerprint density at radius 1 is 1.14 bits per heavy atom. The zero-order chi connectivity index (χ0) is 14.9. The third-order valence-corrected chi connectivity index (χ3v) is 4.03. The zero-order valence-electron chi connectivity index (χ0n) is 12.6. The van der Waals surface area contributed by atoms with E-state index in [0.29, 0.717) is 6.54 Å². The molecule has 0 atom stereocenters. The van der Waals surface area contributed by atoms with Crippen molar-refractivity contribution in [1.29, 1.82) is 0 Å². The average Bonchev–Trinajstić information content (AvgIpc) is 2.52. The molecule has 0 heterocycles. The molecule has 0 aliphatic heterocycles. The van der Waals surface area contributed by atoms with E-state index in [1.807, 2.05) is 18.2 Å². The highest BCUT2D eigenvalue weighted by Gasteiger charge is 2.10. The van der Waals surface area contributed by atoms with Gasteiger partial charge >= 0.3 is 5.97 Å². The molecule has 2 rings (SSSR count). The number of carbonyl (C=O) groups is 1. The summed E-state index contributed by atoms with van der Waals surface area (Å²) < 4.78 is 0. The minimum Gasteiger partial charge on any atom is -0.481 e. The van der Waals surface area contributed by atoms with Crippen molar-refractivity contribution in [1.82, 2.24) is 4.90 Å². The van der Waals surface area contributed by atoms with Crippen molar-refractivity contribution in [3.05, 3.63) is 47.5 Å². The van der Waals surface area contributed by atoms with Crippen LogP contribution in [0.1, 0.15) is 44.1 Å². The largest absolute Gasteiger partial charge is 0.481 e. The average molecular weight is 287 g/mol. The van der Waals surface area contributed by atoms with Crippen molar-refractivity contribution in [3.63, 3.8) is 0 Å². The van der Waals surface area contributed by atoms with Crippen LogP contribution in [0.4, 0.5) is 0 Å². The van der Waals surface area contributed by atoms with Crippen LogP contribution in [-0.2, 0) is 11.3 Å². The van der Waals surface area contributed by atoms with Crippen LogP contribution in [-0.4, -0.2) is 29.1 Å². The van der Waals surface area contributed by atoms with Crippen LogP contribution >= 0.6 is 0 Å². The maximum atomic E-state index is 10.8. The van der Waals surface area contributed by atoms with Crippen molar-refractivity contribution in [2.24, 2.45) is 0 Å². The molecular weight excluding hydrogens is 262 g/mol. The number of carboxylic acid groups (broad SMARTS) is 1. The van der Waals surface area contributed by atoms with E-state index in [9.17, 15) is 4.79 Å². The molecule has 0 unspecified atom stereocenters. The molecule has 114 valence electrons. The standard InChI is InChI=1S/C18H25NO2/c20-18(21)12-14-19(15-17-9-5-2-6-10-17)13-11-16-7-3-1-4-8-16/h2,5-7,9-10H,1,3-4,8,11-15H2,(H,20,21). The van der Waals surface area contributed by atoms with Crippen molar-refractivity contribution >= 4 is 5.97 Å². The third kappa shape index (κ3) is 6.13. The number of rotatable bonds is 8. The topological polar surface area (TPSA) is 40.5 Å². The van der Waals surface area contributed by atoms with Gasteiger partial charge in [-0.2, -0.15) is 0 Å². The van der Waals surface area contributed by atoms with E-state index in [2.05, 4.69) is 23.1 Å². The summed E-state index contributed by atoms with van der Waals surface area (Å²) >= 11 is 0. The van der Waals surface area contributed by atoms with Gasteiger partial charge in [0, 0.05) is 19.6 Å². The lowest BCUT2D eigenvalue weighted by Gasteiger charge is -2.23. The van der Waals surface area contributed by atoms with Gasteiger partial charge in [0.2, 0.25) is 0 Å². The Balaban J connectivity index is 1.88. The quantitative estimate of drug-likeness (QED) is 0.738. The first kappa shape index (κ1) is 15.8. The second kappa shape index (κ2) is 8.63. The van der Waals surface area contributed by atoms with Crippen LogP contribution < -0.4 is 0 Å². The molecule has 1 N–H and O–H groups in total. The molecule has 0 radical (unpaired) electrons. The lowest BCUT2D eigenvalue weighted by Crippen LogP contribution is -2.27. The fourth-order valence-electron chi connectivity index (χ4n) is 2.80. The van der Waals surface area contributed by atoms with E-state index in [0.717, 1.165) is 19.5 Å². The maximum Gasteiger partial charge on any atom is 0.304 e. The molecular formula is C18H25NO2. The first-order valence-corrected chi connectivity index (χ1v) is 7.90. The molecule has 1 aliphatic rings. The Labute approximate surface area is 127 Å². The summed E-state index contributed by atoms with van der Waals surface area (Å²) in [5.41, 5.74) is 2.80. The third-order valence-electron chi connectivity index (χ3n) is 4.03.